The van der Waals surface area contributed by atoms with Crippen LogP contribution in [0.1, 0.15) is 22.4 Å². The molecule has 0 spiro atoms. The molecule has 0 saturated heterocycles. The zero-order chi connectivity index (χ0) is 14.3. The van der Waals surface area contributed by atoms with E-state index in [0.717, 1.165) is 29.1 Å². The maximum atomic E-state index is 6.10. The number of anilines is 1. The van der Waals surface area contributed by atoms with Crippen molar-refractivity contribution in [2.24, 2.45) is 0 Å². The first kappa shape index (κ1) is 12.7. The number of nitrogen functional groups attached to an aromatic ring is 1. The Morgan fingerprint density at radius 3 is 2.75 bits per heavy atom. The molecule has 0 aliphatic rings. The summed E-state index contributed by atoms with van der Waals surface area (Å²) in [6.07, 6.45) is 3.97. The largest absolute Gasteiger partial charge is 0.398 e. The van der Waals surface area contributed by atoms with E-state index in [2.05, 4.69) is 46.9 Å². The van der Waals surface area contributed by atoms with Crippen LogP contribution in [0.5, 0.6) is 0 Å². The van der Waals surface area contributed by atoms with Crippen LogP contribution < -0.4 is 5.73 Å². The van der Waals surface area contributed by atoms with Gasteiger partial charge in [0.25, 0.3) is 0 Å². The van der Waals surface area contributed by atoms with Crippen molar-refractivity contribution in [1.29, 1.82) is 0 Å². The zero-order valence-electron chi connectivity index (χ0n) is 12.1. The summed E-state index contributed by atoms with van der Waals surface area (Å²) < 4.78 is 2.23. The van der Waals surface area contributed by atoms with Crippen LogP contribution in [0.4, 0.5) is 5.69 Å². The van der Waals surface area contributed by atoms with E-state index in [4.69, 9.17) is 5.73 Å². The molecule has 0 radical (unpaired) electrons. The van der Waals surface area contributed by atoms with E-state index in [1.807, 2.05) is 20.0 Å². The summed E-state index contributed by atoms with van der Waals surface area (Å²) in [7, 11) is 0. The van der Waals surface area contributed by atoms with Gasteiger partial charge in [-0.3, -0.25) is 4.98 Å². The Labute approximate surface area is 119 Å². The predicted molar refractivity (Wildman–Crippen MR) is 83.9 cm³/mol. The summed E-state index contributed by atoms with van der Waals surface area (Å²) in [4.78, 5) is 4.54. The third kappa shape index (κ3) is 2.05. The molecule has 3 aromatic rings. The number of hydrogen-bond acceptors (Lipinski definition) is 2. The van der Waals surface area contributed by atoms with Gasteiger partial charge in [0.05, 0.1) is 12.2 Å². The number of hydrogen-bond donors (Lipinski definition) is 1. The van der Waals surface area contributed by atoms with Gasteiger partial charge in [-0.1, -0.05) is 12.1 Å². The second kappa shape index (κ2) is 4.67. The maximum absolute atomic E-state index is 6.10. The Hall–Kier alpha value is -2.29. The Morgan fingerprint density at radius 1 is 1.15 bits per heavy atom. The summed E-state index contributed by atoms with van der Waals surface area (Å²) >= 11 is 0. The summed E-state index contributed by atoms with van der Waals surface area (Å²) in [5, 5.41) is 1.26. The smallest absolute Gasteiger partial charge is 0.0652 e. The van der Waals surface area contributed by atoms with Gasteiger partial charge in [0.1, 0.15) is 0 Å². The van der Waals surface area contributed by atoms with Crippen molar-refractivity contribution in [1.82, 2.24) is 9.55 Å². The molecule has 1 aromatic carbocycles. The minimum atomic E-state index is 0.753. The van der Waals surface area contributed by atoms with Crippen molar-refractivity contribution >= 4 is 16.6 Å². The van der Waals surface area contributed by atoms with Gasteiger partial charge in [0, 0.05) is 23.6 Å². The summed E-state index contributed by atoms with van der Waals surface area (Å²) in [6.45, 7) is 6.91. The van der Waals surface area contributed by atoms with Gasteiger partial charge >= 0.3 is 0 Å². The molecule has 3 nitrogen and oxygen atoms in total. The molecule has 20 heavy (non-hydrogen) atoms. The number of fused-ring (bicyclic) bond motifs is 1. The number of pyridine rings is 1. The fraction of sp³-hybridized carbons (Fsp3) is 0.235. The van der Waals surface area contributed by atoms with E-state index in [0.29, 0.717) is 0 Å². The topological polar surface area (TPSA) is 43.8 Å². The first-order chi connectivity index (χ1) is 9.56. The molecule has 0 unspecified atom stereocenters. The van der Waals surface area contributed by atoms with E-state index in [-0.39, 0.29) is 0 Å². The van der Waals surface area contributed by atoms with Crippen molar-refractivity contribution in [2.45, 2.75) is 27.3 Å². The third-order valence-corrected chi connectivity index (χ3v) is 3.93. The molecule has 0 fully saturated rings. The number of rotatable bonds is 2. The quantitative estimate of drug-likeness (QED) is 0.769. The van der Waals surface area contributed by atoms with E-state index in [1.54, 1.807) is 0 Å². The SMILES string of the molecule is Cc1ccc2ccn(Cc3ncc(C)c(N)c3C)c2c1. The molecule has 3 heteroatoms. The third-order valence-electron chi connectivity index (χ3n) is 3.93. The van der Waals surface area contributed by atoms with Gasteiger partial charge in [-0.25, -0.2) is 0 Å². The number of aromatic nitrogens is 2. The maximum Gasteiger partial charge on any atom is 0.0652 e. The molecule has 0 aliphatic carbocycles. The summed E-state index contributed by atoms with van der Waals surface area (Å²) in [5.41, 5.74) is 12.6. The first-order valence-electron chi connectivity index (χ1n) is 6.82. The van der Waals surface area contributed by atoms with Crippen molar-refractivity contribution in [3.8, 4) is 0 Å². The van der Waals surface area contributed by atoms with E-state index in [9.17, 15) is 0 Å². The van der Waals surface area contributed by atoms with Gasteiger partial charge in [0.2, 0.25) is 0 Å². The lowest BCUT2D eigenvalue weighted by Crippen LogP contribution is -2.06. The lowest BCUT2D eigenvalue weighted by molar-refractivity contribution is 0.799. The average Bonchev–Trinajstić information content (AvgIpc) is 2.82. The Morgan fingerprint density at radius 2 is 1.95 bits per heavy atom. The van der Waals surface area contributed by atoms with Crippen LogP contribution in [0.2, 0.25) is 0 Å². The fourth-order valence-corrected chi connectivity index (χ4v) is 2.54. The van der Waals surface area contributed by atoms with E-state index < -0.39 is 0 Å². The molecule has 0 saturated carbocycles. The number of nitrogens with zero attached hydrogens (tertiary/aromatic N) is 2. The molecule has 0 bridgehead atoms. The van der Waals surface area contributed by atoms with Crippen LogP contribution >= 0.6 is 0 Å². The Balaban J connectivity index is 2.06. The van der Waals surface area contributed by atoms with E-state index in [1.165, 1.54) is 16.5 Å². The van der Waals surface area contributed by atoms with E-state index >= 15 is 0 Å². The van der Waals surface area contributed by atoms with Gasteiger partial charge in [-0.2, -0.15) is 0 Å². The van der Waals surface area contributed by atoms with Crippen LogP contribution in [0.3, 0.4) is 0 Å². The van der Waals surface area contributed by atoms with Crippen molar-refractivity contribution < 1.29 is 0 Å². The lowest BCUT2D eigenvalue weighted by Gasteiger charge is -2.11. The molecule has 0 amide bonds. The molecular weight excluding hydrogens is 246 g/mol. The van der Waals surface area contributed by atoms with Gasteiger partial charge < -0.3 is 10.3 Å². The highest BCUT2D eigenvalue weighted by Crippen LogP contribution is 2.22. The average molecular weight is 265 g/mol. The molecule has 0 atom stereocenters. The highest BCUT2D eigenvalue weighted by Gasteiger charge is 2.08. The molecule has 2 N–H and O–H groups in total. The highest BCUT2D eigenvalue weighted by molar-refractivity contribution is 5.80. The Kier molecular flexibility index (Phi) is 2.97. The standard InChI is InChI=1S/C17H19N3/c1-11-4-5-14-6-7-20(16(14)8-11)10-15-13(3)17(18)12(2)9-19-15/h4-9H,10H2,1-3H3,(H2,18,19). The molecule has 102 valence electrons. The molecule has 2 aromatic heterocycles. The molecule has 0 aliphatic heterocycles. The monoisotopic (exact) mass is 265 g/mol. The second-order valence-electron chi connectivity index (χ2n) is 5.43. The van der Waals surface area contributed by atoms with Gasteiger partial charge in [-0.15, -0.1) is 0 Å². The molecular formula is C17H19N3. The van der Waals surface area contributed by atoms with Gasteiger partial charge in [0.15, 0.2) is 0 Å². The summed E-state index contributed by atoms with van der Waals surface area (Å²) in [5.74, 6) is 0. The normalized spacial score (nSPS) is 11.2. The molecule has 3 rings (SSSR count). The van der Waals surface area contributed by atoms with Crippen LogP contribution in [0.25, 0.3) is 10.9 Å². The lowest BCUT2D eigenvalue weighted by atomic mass is 10.1. The summed E-state index contributed by atoms with van der Waals surface area (Å²) in [6, 6.07) is 8.65. The minimum Gasteiger partial charge on any atom is -0.398 e. The highest BCUT2D eigenvalue weighted by atomic mass is 15.0. The fourth-order valence-electron chi connectivity index (χ4n) is 2.54. The van der Waals surface area contributed by atoms with Crippen molar-refractivity contribution in [3.05, 3.63) is 59.0 Å². The molecule has 2 heterocycles. The van der Waals surface area contributed by atoms with Crippen LogP contribution in [-0.2, 0) is 6.54 Å². The van der Waals surface area contributed by atoms with Crippen LogP contribution in [0, 0.1) is 20.8 Å². The van der Waals surface area contributed by atoms with Crippen LogP contribution in [-0.4, -0.2) is 9.55 Å². The van der Waals surface area contributed by atoms with Crippen molar-refractivity contribution in [2.75, 3.05) is 5.73 Å². The van der Waals surface area contributed by atoms with Crippen LogP contribution in [0.15, 0.2) is 36.7 Å². The minimum absolute atomic E-state index is 0.753. The second-order valence-corrected chi connectivity index (χ2v) is 5.43. The Bertz CT molecular complexity index is 784. The predicted octanol–water partition coefficient (Wildman–Crippen LogP) is 3.59. The van der Waals surface area contributed by atoms with Crippen molar-refractivity contribution in [3.63, 3.8) is 0 Å². The number of benzene rings is 1. The number of nitrogens with two attached hydrogens (primary N) is 1. The van der Waals surface area contributed by atoms with Gasteiger partial charge in [-0.05, 0) is 55.0 Å². The number of aryl methyl sites for hydroxylation is 2. The zero-order valence-corrected chi connectivity index (χ0v) is 12.1. The first-order valence-corrected chi connectivity index (χ1v) is 6.82.